The third kappa shape index (κ3) is 2.56. The Balaban J connectivity index is 1.73. The van der Waals surface area contributed by atoms with Gasteiger partial charge in [-0.1, -0.05) is 18.6 Å². The Morgan fingerprint density at radius 1 is 1.29 bits per heavy atom. The number of fused-ring (bicyclic) bond motifs is 1. The number of methoxy groups -OCH3 is 2. The Kier molecular flexibility index (Phi) is 3.72. The van der Waals surface area contributed by atoms with Crippen LogP contribution in [0.15, 0.2) is 24.3 Å². The lowest BCUT2D eigenvalue weighted by Gasteiger charge is -2.13. The minimum Gasteiger partial charge on any atom is -0.493 e. The number of hydrogen-bond donors (Lipinski definition) is 0. The van der Waals surface area contributed by atoms with Gasteiger partial charge in [-0.2, -0.15) is 0 Å². The average Bonchev–Trinajstić information content (AvgIpc) is 3.28. The first-order valence-corrected chi connectivity index (χ1v) is 7.32. The molecule has 4 heteroatoms. The monoisotopic (exact) mass is 288 g/mol. The molecular formula is C17H20O4. The molecule has 21 heavy (non-hydrogen) atoms. The molecule has 1 saturated heterocycles. The van der Waals surface area contributed by atoms with Crippen LogP contribution in [0, 0.1) is 0 Å². The highest BCUT2D eigenvalue weighted by Gasteiger charge is 2.61. The van der Waals surface area contributed by atoms with Crippen molar-refractivity contribution in [1.29, 1.82) is 0 Å². The molecule has 112 valence electrons. The summed E-state index contributed by atoms with van der Waals surface area (Å²) >= 11 is 0. The molecular weight excluding hydrogens is 268 g/mol. The lowest BCUT2D eigenvalue weighted by molar-refractivity contribution is -0.119. The molecule has 0 aromatic heterocycles. The van der Waals surface area contributed by atoms with Crippen molar-refractivity contribution in [3.8, 4) is 11.5 Å². The minimum atomic E-state index is -0.509. The van der Waals surface area contributed by atoms with Crippen molar-refractivity contribution in [2.24, 2.45) is 0 Å². The average molecular weight is 288 g/mol. The Bertz CT molecular complexity index is 578. The van der Waals surface area contributed by atoms with Crippen LogP contribution in [0.2, 0.25) is 0 Å². The van der Waals surface area contributed by atoms with E-state index in [0.29, 0.717) is 11.5 Å². The van der Waals surface area contributed by atoms with Crippen molar-refractivity contribution in [2.75, 3.05) is 14.2 Å². The first kappa shape index (κ1) is 14.1. The number of benzene rings is 1. The first-order chi connectivity index (χ1) is 10.2. The van der Waals surface area contributed by atoms with Crippen molar-refractivity contribution < 1.29 is 19.0 Å². The summed E-state index contributed by atoms with van der Waals surface area (Å²) in [6.07, 6.45) is 7.70. The molecule has 4 nitrogen and oxygen atoms in total. The number of epoxide rings is 1. The zero-order valence-electron chi connectivity index (χ0n) is 12.4. The molecule has 0 amide bonds. The molecule has 1 aromatic rings. The Hall–Kier alpha value is -1.81. The highest BCUT2D eigenvalue weighted by atomic mass is 16.6. The number of carbonyl (C=O) groups is 1. The SMILES string of the molecule is COc1ccc(/C=C/C(=O)[C@]23CCCC[C@H]2O3)cc1OC. The second-order valence-corrected chi connectivity index (χ2v) is 5.55. The molecule has 0 unspecified atom stereocenters. The van der Waals surface area contributed by atoms with Crippen molar-refractivity contribution in [1.82, 2.24) is 0 Å². The summed E-state index contributed by atoms with van der Waals surface area (Å²) in [6, 6.07) is 5.58. The van der Waals surface area contributed by atoms with E-state index in [2.05, 4.69) is 0 Å². The van der Waals surface area contributed by atoms with Gasteiger partial charge in [0.2, 0.25) is 0 Å². The zero-order valence-corrected chi connectivity index (χ0v) is 12.4. The van der Waals surface area contributed by atoms with Crippen LogP contribution in [0.5, 0.6) is 11.5 Å². The number of ether oxygens (including phenoxy) is 3. The second-order valence-electron chi connectivity index (χ2n) is 5.55. The maximum Gasteiger partial charge on any atom is 0.190 e. The van der Waals surface area contributed by atoms with Crippen LogP contribution in [0.3, 0.4) is 0 Å². The molecule has 0 bridgehead atoms. The molecule has 0 N–H and O–H groups in total. The topological polar surface area (TPSA) is 48.1 Å². The number of hydrogen-bond acceptors (Lipinski definition) is 4. The quantitative estimate of drug-likeness (QED) is 0.617. The van der Waals surface area contributed by atoms with Gasteiger partial charge in [-0.15, -0.1) is 0 Å². The van der Waals surface area contributed by atoms with Gasteiger partial charge in [0.15, 0.2) is 22.9 Å². The number of carbonyl (C=O) groups excluding carboxylic acids is 1. The number of rotatable bonds is 5. The lowest BCUT2D eigenvalue weighted by Crippen LogP contribution is -2.28. The van der Waals surface area contributed by atoms with Gasteiger partial charge in [-0.05, 0) is 43.0 Å². The summed E-state index contributed by atoms with van der Waals surface area (Å²) in [5, 5.41) is 0. The zero-order chi connectivity index (χ0) is 14.9. The van der Waals surface area contributed by atoms with Gasteiger partial charge >= 0.3 is 0 Å². The fraction of sp³-hybridized carbons (Fsp3) is 0.471. The van der Waals surface area contributed by atoms with E-state index in [9.17, 15) is 4.79 Å². The molecule has 2 atom stereocenters. The molecule has 1 saturated carbocycles. The van der Waals surface area contributed by atoms with Gasteiger partial charge in [-0.3, -0.25) is 4.79 Å². The van der Waals surface area contributed by atoms with Gasteiger partial charge in [0.25, 0.3) is 0 Å². The van der Waals surface area contributed by atoms with Crippen LogP contribution in [0.25, 0.3) is 6.08 Å². The van der Waals surface area contributed by atoms with Crippen LogP contribution in [-0.2, 0) is 9.53 Å². The summed E-state index contributed by atoms with van der Waals surface area (Å²) in [6.45, 7) is 0. The van der Waals surface area contributed by atoms with Crippen LogP contribution in [0.1, 0.15) is 31.2 Å². The minimum absolute atomic E-state index is 0.0852. The van der Waals surface area contributed by atoms with Crippen molar-refractivity contribution in [2.45, 2.75) is 37.4 Å². The molecule has 0 spiro atoms. The van der Waals surface area contributed by atoms with Crippen molar-refractivity contribution >= 4 is 11.9 Å². The van der Waals surface area contributed by atoms with E-state index >= 15 is 0 Å². The molecule has 1 aromatic carbocycles. The molecule has 2 aliphatic rings. The van der Waals surface area contributed by atoms with Crippen LogP contribution >= 0.6 is 0 Å². The van der Waals surface area contributed by atoms with Crippen LogP contribution in [0.4, 0.5) is 0 Å². The van der Waals surface area contributed by atoms with E-state index in [4.69, 9.17) is 14.2 Å². The molecule has 3 rings (SSSR count). The summed E-state index contributed by atoms with van der Waals surface area (Å²) in [5.41, 5.74) is 0.399. The summed E-state index contributed by atoms with van der Waals surface area (Å²) < 4.78 is 16.1. The Morgan fingerprint density at radius 2 is 2.10 bits per heavy atom. The van der Waals surface area contributed by atoms with E-state index < -0.39 is 5.60 Å². The lowest BCUT2D eigenvalue weighted by atomic mass is 9.86. The largest absolute Gasteiger partial charge is 0.493 e. The molecule has 1 heterocycles. The maximum absolute atomic E-state index is 12.3. The Morgan fingerprint density at radius 3 is 2.81 bits per heavy atom. The van der Waals surface area contributed by atoms with Gasteiger partial charge in [0.1, 0.15) is 0 Å². The van der Waals surface area contributed by atoms with Crippen molar-refractivity contribution in [3.63, 3.8) is 0 Å². The van der Waals surface area contributed by atoms with E-state index in [1.807, 2.05) is 24.3 Å². The van der Waals surface area contributed by atoms with Crippen LogP contribution in [-0.4, -0.2) is 31.7 Å². The normalized spacial score (nSPS) is 27.2. The fourth-order valence-corrected chi connectivity index (χ4v) is 3.06. The van der Waals surface area contributed by atoms with Gasteiger partial charge in [0.05, 0.1) is 20.3 Å². The van der Waals surface area contributed by atoms with E-state index in [1.165, 1.54) is 6.42 Å². The van der Waals surface area contributed by atoms with Gasteiger partial charge in [-0.25, -0.2) is 0 Å². The molecule has 1 aliphatic carbocycles. The summed E-state index contributed by atoms with van der Waals surface area (Å²) in [7, 11) is 3.20. The molecule has 1 aliphatic heterocycles. The highest BCUT2D eigenvalue weighted by Crippen LogP contribution is 2.48. The standard InChI is InChI=1S/C17H20O4/c1-19-13-8-6-12(11-14(13)20-2)7-9-15(18)17-10-4-3-5-16(17)21-17/h6-9,11,16H,3-5,10H2,1-2H3/b9-7+/t16-,17-/m1/s1. The van der Waals surface area contributed by atoms with E-state index in [1.54, 1.807) is 20.3 Å². The fourth-order valence-electron chi connectivity index (χ4n) is 3.06. The maximum atomic E-state index is 12.3. The third-order valence-electron chi connectivity index (χ3n) is 4.33. The predicted molar refractivity (Wildman–Crippen MR) is 79.7 cm³/mol. The summed E-state index contributed by atoms with van der Waals surface area (Å²) in [4.78, 5) is 12.3. The number of ketones is 1. The smallest absolute Gasteiger partial charge is 0.190 e. The molecule has 2 fully saturated rings. The van der Waals surface area contributed by atoms with Crippen LogP contribution < -0.4 is 9.47 Å². The van der Waals surface area contributed by atoms with Crippen molar-refractivity contribution in [3.05, 3.63) is 29.8 Å². The predicted octanol–water partition coefficient (Wildman–Crippen LogP) is 3.00. The van der Waals surface area contributed by atoms with E-state index in [-0.39, 0.29) is 11.9 Å². The van der Waals surface area contributed by atoms with Gasteiger partial charge < -0.3 is 14.2 Å². The van der Waals surface area contributed by atoms with Gasteiger partial charge in [0, 0.05) is 0 Å². The third-order valence-corrected chi connectivity index (χ3v) is 4.33. The second kappa shape index (κ2) is 5.53. The Labute approximate surface area is 124 Å². The first-order valence-electron chi connectivity index (χ1n) is 7.32. The molecule has 0 radical (unpaired) electrons. The highest BCUT2D eigenvalue weighted by molar-refractivity contribution is 6.02. The van der Waals surface area contributed by atoms with E-state index in [0.717, 1.165) is 24.8 Å². The summed E-state index contributed by atoms with van der Waals surface area (Å²) in [5.74, 6) is 1.42.